The smallest absolute Gasteiger partial charge is 0.410 e. The van der Waals surface area contributed by atoms with Crippen molar-refractivity contribution in [3.63, 3.8) is 0 Å². The van der Waals surface area contributed by atoms with E-state index in [1.807, 2.05) is 0 Å². The molecule has 2 aromatic carbocycles. The number of anilines is 2. The van der Waals surface area contributed by atoms with Gasteiger partial charge in [0, 0.05) is 20.6 Å². The van der Waals surface area contributed by atoms with Crippen molar-refractivity contribution in [3.8, 4) is 0 Å². The van der Waals surface area contributed by atoms with Gasteiger partial charge in [-0.1, -0.05) is 29.6 Å². The fourth-order valence-electron chi connectivity index (χ4n) is 4.99. The lowest BCUT2D eigenvalue weighted by Crippen LogP contribution is -2.53. The summed E-state index contributed by atoms with van der Waals surface area (Å²) >= 11 is 12.0. The number of benzene rings is 2. The fourth-order valence-corrected chi connectivity index (χ4v) is 5.58. The van der Waals surface area contributed by atoms with Gasteiger partial charge in [0.2, 0.25) is 11.8 Å². The maximum absolute atomic E-state index is 13.2. The van der Waals surface area contributed by atoms with Crippen LogP contribution < -0.4 is 15.1 Å². The van der Waals surface area contributed by atoms with Crippen molar-refractivity contribution in [1.29, 1.82) is 0 Å². The van der Waals surface area contributed by atoms with Crippen LogP contribution in [-0.4, -0.2) is 67.7 Å². The minimum atomic E-state index is -0.631. The molecule has 2 aromatic rings. The zero-order valence-electron chi connectivity index (χ0n) is 26.1. The van der Waals surface area contributed by atoms with Crippen molar-refractivity contribution >= 4 is 77.3 Å². The third-order valence-corrected chi connectivity index (χ3v) is 7.83. The fraction of sp³-hybridized carbons (Fsp3) is 0.516. The lowest BCUT2D eigenvalue weighted by atomic mass is 10.0. The minimum absolute atomic E-state index is 0. The molecule has 0 bridgehead atoms. The number of rotatable bonds is 4. The Bertz CT molecular complexity index is 1310. The zero-order chi connectivity index (χ0) is 31.9. The second kappa shape index (κ2) is 18.1. The summed E-state index contributed by atoms with van der Waals surface area (Å²) in [4.78, 5) is 42.0. The molecule has 45 heavy (non-hydrogen) atoms. The summed E-state index contributed by atoms with van der Waals surface area (Å²) in [6.07, 6.45) is 4.72. The first-order chi connectivity index (χ1) is 20.2. The van der Waals surface area contributed by atoms with Crippen LogP contribution in [-0.2, 0) is 14.3 Å². The first-order valence-electron chi connectivity index (χ1n) is 14.4. The highest BCUT2D eigenvalue weighted by molar-refractivity contribution is 6.34. The standard InChI is InChI=1S/C18H24ClFN2O3.C13H16ClFN2O.2ClH/c1-18(2,3)25-17(24)22-10-6-5-7-15(22)16(23)21(4)14-9-8-12(20)11-13(14)19;1-17(12-6-5-9(15)8-10(12)14)13(18)11-4-2-3-7-16-11;;/h8-9,11,15H,5-7,10H2,1-4H3;5-6,8,11,16H,2-4,7H2,1H3;2*1H/t15-;11-;;/m00../s1. The molecule has 4 rings (SSSR count). The third-order valence-electron chi connectivity index (χ3n) is 7.23. The lowest BCUT2D eigenvalue weighted by Gasteiger charge is -2.37. The van der Waals surface area contributed by atoms with Gasteiger partial charge in [-0.15, -0.1) is 24.8 Å². The number of halogens is 6. The molecule has 2 fully saturated rings. The Kier molecular flexibility index (Phi) is 16.3. The number of carbonyl (C=O) groups excluding carboxylic acids is 3. The van der Waals surface area contributed by atoms with Gasteiger partial charge in [0.25, 0.3) is 0 Å². The Morgan fingerprint density at radius 2 is 1.36 bits per heavy atom. The van der Waals surface area contributed by atoms with E-state index >= 15 is 0 Å². The Morgan fingerprint density at radius 3 is 1.82 bits per heavy atom. The molecule has 0 spiro atoms. The molecule has 0 saturated carbocycles. The zero-order valence-corrected chi connectivity index (χ0v) is 29.2. The molecule has 3 amide bonds. The first kappa shape index (κ1) is 40.7. The largest absolute Gasteiger partial charge is 0.444 e. The number of hydrogen-bond acceptors (Lipinski definition) is 5. The number of carbonyl (C=O) groups is 3. The van der Waals surface area contributed by atoms with Gasteiger partial charge in [-0.05, 0) is 95.8 Å². The number of piperidine rings is 2. The molecule has 0 unspecified atom stereocenters. The highest BCUT2D eigenvalue weighted by Crippen LogP contribution is 2.29. The molecule has 2 heterocycles. The van der Waals surface area contributed by atoms with Crippen molar-refractivity contribution in [3.05, 3.63) is 58.1 Å². The van der Waals surface area contributed by atoms with E-state index < -0.39 is 29.4 Å². The molecule has 252 valence electrons. The predicted molar refractivity (Wildman–Crippen MR) is 180 cm³/mol. The van der Waals surface area contributed by atoms with E-state index in [4.69, 9.17) is 27.9 Å². The monoisotopic (exact) mass is 712 g/mol. The van der Waals surface area contributed by atoms with E-state index in [-0.39, 0.29) is 52.7 Å². The Hall–Kier alpha value is -2.37. The molecular formula is C31H42Cl4F2N4O4. The highest BCUT2D eigenvalue weighted by Gasteiger charge is 2.37. The van der Waals surface area contributed by atoms with Gasteiger partial charge in [-0.25, -0.2) is 13.6 Å². The molecule has 0 aliphatic carbocycles. The molecule has 2 aliphatic heterocycles. The molecule has 2 atom stereocenters. The van der Waals surface area contributed by atoms with Crippen molar-refractivity contribution in [2.24, 2.45) is 0 Å². The van der Waals surface area contributed by atoms with Crippen LogP contribution >= 0.6 is 48.0 Å². The van der Waals surface area contributed by atoms with Gasteiger partial charge < -0.3 is 19.9 Å². The van der Waals surface area contributed by atoms with Gasteiger partial charge >= 0.3 is 6.09 Å². The van der Waals surface area contributed by atoms with Gasteiger partial charge in [0.15, 0.2) is 0 Å². The predicted octanol–water partition coefficient (Wildman–Crippen LogP) is 7.66. The van der Waals surface area contributed by atoms with E-state index in [9.17, 15) is 23.2 Å². The number of nitrogens with one attached hydrogen (secondary N) is 1. The SMILES string of the molecule is CN(C(=O)[C@@H]1CCCCN1)c1ccc(F)cc1Cl.CN(C(=O)[C@@H]1CCCCN1C(=O)OC(C)(C)C)c1ccc(F)cc1Cl.Cl.Cl. The van der Waals surface area contributed by atoms with Crippen molar-refractivity contribution in [2.45, 2.75) is 77.0 Å². The normalized spacial score (nSPS) is 17.8. The number of likely N-dealkylation sites (tertiary alicyclic amines) is 1. The maximum Gasteiger partial charge on any atom is 0.410 e. The third kappa shape index (κ3) is 11.4. The molecule has 0 aromatic heterocycles. The molecule has 14 heteroatoms. The van der Waals surface area contributed by atoms with E-state index in [0.717, 1.165) is 44.7 Å². The van der Waals surface area contributed by atoms with Crippen molar-refractivity contribution in [1.82, 2.24) is 10.2 Å². The van der Waals surface area contributed by atoms with Gasteiger partial charge in [0.05, 0.1) is 27.5 Å². The van der Waals surface area contributed by atoms with Crippen LogP contribution in [0, 0.1) is 11.6 Å². The number of ether oxygens (including phenoxy) is 1. The van der Waals surface area contributed by atoms with E-state index in [0.29, 0.717) is 24.3 Å². The van der Waals surface area contributed by atoms with E-state index in [1.165, 1.54) is 45.0 Å². The second-order valence-corrected chi connectivity index (χ2v) is 12.5. The first-order valence-corrected chi connectivity index (χ1v) is 15.1. The van der Waals surface area contributed by atoms with Crippen molar-refractivity contribution < 1.29 is 27.9 Å². The van der Waals surface area contributed by atoms with Crippen molar-refractivity contribution in [2.75, 3.05) is 37.0 Å². The second-order valence-electron chi connectivity index (χ2n) is 11.7. The Labute approximate surface area is 286 Å². The Balaban J connectivity index is 0.000000451. The summed E-state index contributed by atoms with van der Waals surface area (Å²) in [7, 11) is 3.24. The van der Waals surface area contributed by atoms with E-state index in [2.05, 4.69) is 5.32 Å². The number of amides is 3. The molecule has 1 N–H and O–H groups in total. The van der Waals surface area contributed by atoms with Crippen LogP contribution in [0.1, 0.15) is 59.3 Å². The Morgan fingerprint density at radius 1 is 0.844 bits per heavy atom. The molecule has 2 saturated heterocycles. The molecule has 8 nitrogen and oxygen atoms in total. The average molecular weight is 715 g/mol. The maximum atomic E-state index is 13.2. The van der Waals surface area contributed by atoms with Crippen LogP contribution in [0.3, 0.4) is 0 Å². The quantitative estimate of drug-likeness (QED) is 0.352. The lowest BCUT2D eigenvalue weighted by molar-refractivity contribution is -0.124. The summed E-state index contributed by atoms with van der Waals surface area (Å²) in [5.74, 6) is -1.16. The van der Waals surface area contributed by atoms with Gasteiger partial charge in [-0.3, -0.25) is 14.5 Å². The van der Waals surface area contributed by atoms with Gasteiger partial charge in [-0.2, -0.15) is 0 Å². The summed E-state index contributed by atoms with van der Waals surface area (Å²) in [6.45, 7) is 6.69. The average Bonchev–Trinajstić information content (AvgIpc) is 2.95. The molecule has 2 aliphatic rings. The molecule has 0 radical (unpaired) electrons. The number of nitrogens with zero attached hydrogens (tertiary/aromatic N) is 3. The van der Waals surface area contributed by atoms with Crippen LogP contribution in [0.15, 0.2) is 36.4 Å². The number of hydrogen-bond donors (Lipinski definition) is 1. The summed E-state index contributed by atoms with van der Waals surface area (Å²) in [5.41, 5.74) is 0.312. The van der Waals surface area contributed by atoms with Crippen LogP contribution in [0.25, 0.3) is 0 Å². The van der Waals surface area contributed by atoms with Crippen LogP contribution in [0.4, 0.5) is 25.0 Å². The molecular weight excluding hydrogens is 672 g/mol. The van der Waals surface area contributed by atoms with Crippen LogP contribution in [0.2, 0.25) is 10.0 Å². The van der Waals surface area contributed by atoms with Gasteiger partial charge in [0.1, 0.15) is 23.3 Å². The minimum Gasteiger partial charge on any atom is -0.444 e. The van der Waals surface area contributed by atoms with Crippen LogP contribution in [0.5, 0.6) is 0 Å². The number of likely N-dealkylation sites (N-methyl/N-ethyl adjacent to an activating group) is 2. The summed E-state index contributed by atoms with van der Waals surface area (Å²) in [5, 5.41) is 3.59. The summed E-state index contributed by atoms with van der Waals surface area (Å²) in [6, 6.07) is 7.13. The van der Waals surface area contributed by atoms with E-state index in [1.54, 1.807) is 34.9 Å². The summed E-state index contributed by atoms with van der Waals surface area (Å²) < 4.78 is 31.6. The highest BCUT2D eigenvalue weighted by atomic mass is 35.5. The topological polar surface area (TPSA) is 82.2 Å².